The van der Waals surface area contributed by atoms with Gasteiger partial charge in [0, 0.05) is 18.8 Å². The van der Waals surface area contributed by atoms with Crippen LogP contribution in [0.5, 0.6) is 0 Å². The average Bonchev–Trinajstić information content (AvgIpc) is 2.69. The van der Waals surface area contributed by atoms with Gasteiger partial charge in [-0.3, -0.25) is 0 Å². The molecule has 1 unspecified atom stereocenters. The molecule has 2 aliphatic heterocycles. The van der Waals surface area contributed by atoms with Crippen LogP contribution in [0.25, 0.3) is 0 Å². The summed E-state index contributed by atoms with van der Waals surface area (Å²) in [5.41, 5.74) is 0.488. The summed E-state index contributed by atoms with van der Waals surface area (Å²) in [5.74, 6) is 0.911. The maximum atomic E-state index is 5.41. The van der Waals surface area contributed by atoms with E-state index >= 15 is 0 Å². The molecule has 2 heteroatoms. The van der Waals surface area contributed by atoms with E-state index in [0.717, 1.165) is 19.1 Å². The minimum Gasteiger partial charge on any atom is -0.381 e. The van der Waals surface area contributed by atoms with Crippen molar-refractivity contribution in [1.82, 2.24) is 5.32 Å². The van der Waals surface area contributed by atoms with Gasteiger partial charge in [-0.1, -0.05) is 6.92 Å². The first kappa shape index (κ1) is 10.4. The van der Waals surface area contributed by atoms with Crippen LogP contribution in [-0.4, -0.2) is 25.3 Å². The normalized spacial score (nSPS) is 34.9. The lowest BCUT2D eigenvalue weighted by atomic mass is 9.81. The highest BCUT2D eigenvalue weighted by Gasteiger charge is 2.34. The largest absolute Gasteiger partial charge is 0.381 e. The second-order valence-corrected chi connectivity index (χ2v) is 4.92. The van der Waals surface area contributed by atoms with Gasteiger partial charge < -0.3 is 10.1 Å². The zero-order valence-corrected chi connectivity index (χ0v) is 9.35. The molecule has 2 saturated heterocycles. The molecule has 0 aromatic carbocycles. The fourth-order valence-electron chi connectivity index (χ4n) is 2.99. The second-order valence-electron chi connectivity index (χ2n) is 4.92. The first-order valence-electron chi connectivity index (χ1n) is 6.17. The summed E-state index contributed by atoms with van der Waals surface area (Å²) < 4.78 is 5.41. The van der Waals surface area contributed by atoms with E-state index in [2.05, 4.69) is 12.2 Å². The molecule has 2 heterocycles. The van der Waals surface area contributed by atoms with E-state index in [1.54, 1.807) is 0 Å². The zero-order chi connectivity index (χ0) is 9.86. The molecule has 2 rings (SSSR count). The number of hydrogen-bond acceptors (Lipinski definition) is 2. The predicted molar refractivity (Wildman–Crippen MR) is 58.4 cm³/mol. The van der Waals surface area contributed by atoms with Gasteiger partial charge in [0.1, 0.15) is 0 Å². The fourth-order valence-corrected chi connectivity index (χ4v) is 2.99. The van der Waals surface area contributed by atoms with Crippen molar-refractivity contribution in [3.8, 4) is 0 Å². The lowest BCUT2D eigenvalue weighted by Gasteiger charge is -2.34. The van der Waals surface area contributed by atoms with Crippen LogP contribution in [0, 0.1) is 5.92 Å². The van der Waals surface area contributed by atoms with Gasteiger partial charge >= 0.3 is 0 Å². The molecule has 2 fully saturated rings. The average molecular weight is 197 g/mol. The van der Waals surface area contributed by atoms with Crippen molar-refractivity contribution in [2.45, 2.75) is 51.0 Å². The minimum absolute atomic E-state index is 0.488. The van der Waals surface area contributed by atoms with Crippen LogP contribution < -0.4 is 5.32 Å². The number of rotatable bonds is 3. The maximum Gasteiger partial charge on any atom is 0.0468 e. The monoisotopic (exact) mass is 197 g/mol. The lowest BCUT2D eigenvalue weighted by molar-refractivity contribution is 0.0540. The molecule has 0 aromatic rings. The van der Waals surface area contributed by atoms with Crippen molar-refractivity contribution >= 4 is 0 Å². The summed E-state index contributed by atoms with van der Waals surface area (Å²) in [7, 11) is 0. The van der Waals surface area contributed by atoms with Crippen LogP contribution in [0.2, 0.25) is 0 Å². The SMILES string of the molecule is CCC1(CC2CCOCC2)CCCN1. The molecular formula is C12H23NO. The van der Waals surface area contributed by atoms with Crippen molar-refractivity contribution < 1.29 is 4.74 Å². The van der Waals surface area contributed by atoms with Crippen molar-refractivity contribution in [3.05, 3.63) is 0 Å². The third kappa shape index (κ3) is 2.29. The fraction of sp³-hybridized carbons (Fsp3) is 1.00. The molecular weight excluding hydrogens is 174 g/mol. The Hall–Kier alpha value is -0.0800. The van der Waals surface area contributed by atoms with Crippen molar-refractivity contribution in [2.24, 2.45) is 5.92 Å². The molecule has 2 aliphatic rings. The number of ether oxygens (including phenoxy) is 1. The van der Waals surface area contributed by atoms with Crippen LogP contribution in [0.1, 0.15) is 45.4 Å². The summed E-state index contributed by atoms with van der Waals surface area (Å²) in [6.45, 7) is 5.55. The zero-order valence-electron chi connectivity index (χ0n) is 9.35. The van der Waals surface area contributed by atoms with Gasteiger partial charge in [0.15, 0.2) is 0 Å². The summed E-state index contributed by atoms with van der Waals surface area (Å²) in [6.07, 6.45) is 8.00. The molecule has 82 valence electrons. The van der Waals surface area contributed by atoms with E-state index in [1.165, 1.54) is 45.1 Å². The van der Waals surface area contributed by atoms with Crippen molar-refractivity contribution in [2.75, 3.05) is 19.8 Å². The van der Waals surface area contributed by atoms with Gasteiger partial charge in [0.2, 0.25) is 0 Å². The summed E-state index contributed by atoms with van der Waals surface area (Å²) >= 11 is 0. The van der Waals surface area contributed by atoms with Gasteiger partial charge in [0.25, 0.3) is 0 Å². The van der Waals surface area contributed by atoms with Gasteiger partial charge in [-0.05, 0) is 51.0 Å². The molecule has 2 nitrogen and oxygen atoms in total. The van der Waals surface area contributed by atoms with Crippen LogP contribution in [-0.2, 0) is 4.74 Å². The molecule has 0 aliphatic carbocycles. The molecule has 0 spiro atoms. The highest BCUT2D eigenvalue weighted by atomic mass is 16.5. The van der Waals surface area contributed by atoms with E-state index in [1.807, 2.05) is 0 Å². The summed E-state index contributed by atoms with van der Waals surface area (Å²) in [6, 6.07) is 0. The van der Waals surface area contributed by atoms with Gasteiger partial charge in [-0.2, -0.15) is 0 Å². The lowest BCUT2D eigenvalue weighted by Crippen LogP contribution is -2.41. The van der Waals surface area contributed by atoms with E-state index in [-0.39, 0.29) is 0 Å². The number of hydrogen-bond donors (Lipinski definition) is 1. The van der Waals surface area contributed by atoms with E-state index in [4.69, 9.17) is 4.74 Å². The quantitative estimate of drug-likeness (QED) is 0.750. The van der Waals surface area contributed by atoms with Crippen molar-refractivity contribution in [3.63, 3.8) is 0 Å². The van der Waals surface area contributed by atoms with Crippen LogP contribution >= 0.6 is 0 Å². The highest BCUT2D eigenvalue weighted by Crippen LogP contribution is 2.33. The predicted octanol–water partition coefficient (Wildman–Crippen LogP) is 2.34. The summed E-state index contributed by atoms with van der Waals surface area (Å²) in [5, 5.41) is 3.73. The molecule has 0 bridgehead atoms. The maximum absolute atomic E-state index is 5.41. The van der Waals surface area contributed by atoms with Crippen LogP contribution in [0.3, 0.4) is 0 Å². The topological polar surface area (TPSA) is 21.3 Å². The van der Waals surface area contributed by atoms with Gasteiger partial charge in [-0.15, -0.1) is 0 Å². The standard InChI is InChI=1S/C12H23NO/c1-2-12(6-3-7-13-12)10-11-4-8-14-9-5-11/h11,13H,2-10H2,1H3. The number of nitrogens with one attached hydrogen (secondary N) is 1. The Morgan fingerprint density at radius 2 is 2.14 bits per heavy atom. The Labute approximate surface area is 87.4 Å². The second kappa shape index (κ2) is 4.63. The molecule has 0 aromatic heterocycles. The smallest absolute Gasteiger partial charge is 0.0468 e. The first-order valence-corrected chi connectivity index (χ1v) is 6.17. The molecule has 0 radical (unpaired) electrons. The molecule has 14 heavy (non-hydrogen) atoms. The Kier molecular flexibility index (Phi) is 3.45. The van der Waals surface area contributed by atoms with Crippen molar-refractivity contribution in [1.29, 1.82) is 0 Å². The Balaban J connectivity index is 1.86. The Bertz CT molecular complexity index is 169. The van der Waals surface area contributed by atoms with Crippen LogP contribution in [0.15, 0.2) is 0 Å². The van der Waals surface area contributed by atoms with E-state index < -0.39 is 0 Å². The molecule has 0 amide bonds. The minimum atomic E-state index is 0.488. The van der Waals surface area contributed by atoms with Crippen LogP contribution in [0.4, 0.5) is 0 Å². The molecule has 1 N–H and O–H groups in total. The highest BCUT2D eigenvalue weighted by molar-refractivity contribution is 4.93. The molecule has 0 saturated carbocycles. The van der Waals surface area contributed by atoms with Gasteiger partial charge in [-0.25, -0.2) is 0 Å². The first-order chi connectivity index (χ1) is 6.85. The third-order valence-corrected chi connectivity index (χ3v) is 4.03. The third-order valence-electron chi connectivity index (χ3n) is 4.03. The van der Waals surface area contributed by atoms with E-state index in [0.29, 0.717) is 5.54 Å². The Morgan fingerprint density at radius 3 is 2.71 bits per heavy atom. The Morgan fingerprint density at radius 1 is 1.36 bits per heavy atom. The van der Waals surface area contributed by atoms with E-state index in [9.17, 15) is 0 Å². The molecule has 1 atom stereocenters. The summed E-state index contributed by atoms with van der Waals surface area (Å²) in [4.78, 5) is 0. The van der Waals surface area contributed by atoms with Gasteiger partial charge in [0.05, 0.1) is 0 Å².